The van der Waals surface area contributed by atoms with Gasteiger partial charge in [0.1, 0.15) is 0 Å². The fourth-order valence-electron chi connectivity index (χ4n) is 3.88. The van der Waals surface area contributed by atoms with Crippen molar-refractivity contribution < 1.29 is 9.59 Å². The van der Waals surface area contributed by atoms with Crippen LogP contribution in [0.15, 0.2) is 42.1 Å². The summed E-state index contributed by atoms with van der Waals surface area (Å²) in [6, 6.07) is 9.44. The molecule has 2 saturated heterocycles. The third-order valence-corrected chi connectivity index (χ3v) is 5.41. The van der Waals surface area contributed by atoms with E-state index in [1.165, 1.54) is 43.4 Å². The number of para-hydroxylation sites is 1. The second-order valence-corrected chi connectivity index (χ2v) is 8.00. The van der Waals surface area contributed by atoms with Gasteiger partial charge in [-0.3, -0.25) is 14.9 Å². The molecule has 4 heterocycles. The van der Waals surface area contributed by atoms with Gasteiger partial charge in [0, 0.05) is 16.8 Å². The molecule has 2 fully saturated rings. The second-order valence-electron chi connectivity index (χ2n) is 8.00. The summed E-state index contributed by atoms with van der Waals surface area (Å²) in [6.45, 7) is 6.28. The number of benzene rings is 1. The number of amides is 2. The van der Waals surface area contributed by atoms with Gasteiger partial charge < -0.3 is 16.0 Å². The molecule has 10 heteroatoms. The molecule has 0 unspecified atom stereocenters. The van der Waals surface area contributed by atoms with E-state index in [-0.39, 0.29) is 18.3 Å². The van der Waals surface area contributed by atoms with E-state index in [1.54, 1.807) is 12.3 Å². The largest absolute Gasteiger partial charge is 0.368 e. The number of rotatable bonds is 5. The molecule has 0 aliphatic carbocycles. The normalized spacial score (nSPS) is 17.3. The minimum Gasteiger partial charge on any atom is -0.368 e. The number of nitrogen functional groups attached to an aromatic ring is 1. The van der Waals surface area contributed by atoms with Crippen molar-refractivity contribution in [2.45, 2.75) is 32.6 Å². The summed E-state index contributed by atoms with van der Waals surface area (Å²) in [5.41, 5.74) is 7.99. The van der Waals surface area contributed by atoms with Gasteiger partial charge in [-0.05, 0) is 57.1 Å². The second kappa shape index (κ2) is 10.2. The van der Waals surface area contributed by atoms with E-state index in [2.05, 4.69) is 37.5 Å². The first-order valence-electron chi connectivity index (χ1n) is 11.1. The van der Waals surface area contributed by atoms with E-state index < -0.39 is 5.91 Å². The first-order chi connectivity index (χ1) is 16.0. The van der Waals surface area contributed by atoms with Crippen molar-refractivity contribution >= 4 is 41.1 Å². The zero-order valence-corrected chi connectivity index (χ0v) is 18.6. The number of nitrogens with two attached hydrogens (primary N) is 1. The van der Waals surface area contributed by atoms with E-state index in [4.69, 9.17) is 5.73 Å². The van der Waals surface area contributed by atoms with Gasteiger partial charge in [-0.2, -0.15) is 19.6 Å². The van der Waals surface area contributed by atoms with Gasteiger partial charge in [-0.15, -0.1) is 0 Å². The van der Waals surface area contributed by atoms with Crippen LogP contribution in [-0.2, 0) is 9.59 Å². The van der Waals surface area contributed by atoms with E-state index in [9.17, 15) is 9.59 Å². The highest BCUT2D eigenvalue weighted by atomic mass is 16.2. The van der Waals surface area contributed by atoms with Crippen LogP contribution in [0.25, 0.3) is 11.7 Å². The molecule has 2 aromatic heterocycles. The van der Waals surface area contributed by atoms with E-state index in [1.807, 2.05) is 30.3 Å². The lowest BCUT2D eigenvalue weighted by Gasteiger charge is -2.11. The Labute approximate surface area is 191 Å². The number of anilines is 3. The molecule has 0 radical (unpaired) electrons. The highest BCUT2D eigenvalue weighted by Crippen LogP contribution is 2.21. The SMILES string of the molecule is CCCN1CCCC1.Nc1nc(Nc2ccccc2)n2ncc(/C=C3\CC(=O)NC3=O)c2n1. The van der Waals surface area contributed by atoms with Crippen LogP contribution in [0, 0.1) is 0 Å². The lowest BCUT2D eigenvalue weighted by atomic mass is 10.1. The van der Waals surface area contributed by atoms with Crippen molar-refractivity contribution in [2.75, 3.05) is 30.7 Å². The molecule has 0 spiro atoms. The Morgan fingerprint density at radius 3 is 2.58 bits per heavy atom. The average Bonchev–Trinajstić information content (AvgIpc) is 3.52. The summed E-state index contributed by atoms with van der Waals surface area (Å²) in [5.74, 6) is -0.273. The van der Waals surface area contributed by atoms with E-state index >= 15 is 0 Å². The van der Waals surface area contributed by atoms with Crippen LogP contribution in [0.5, 0.6) is 0 Å². The van der Waals surface area contributed by atoms with Crippen molar-refractivity contribution in [3.63, 3.8) is 0 Å². The van der Waals surface area contributed by atoms with Crippen LogP contribution in [0.1, 0.15) is 38.2 Å². The van der Waals surface area contributed by atoms with Gasteiger partial charge in [-0.1, -0.05) is 25.1 Å². The molecule has 4 N–H and O–H groups in total. The average molecular weight is 449 g/mol. The monoisotopic (exact) mass is 448 g/mol. The molecule has 10 nitrogen and oxygen atoms in total. The third kappa shape index (κ3) is 5.53. The van der Waals surface area contributed by atoms with Crippen molar-refractivity contribution in [2.24, 2.45) is 0 Å². The lowest BCUT2D eigenvalue weighted by Crippen LogP contribution is -2.19. The highest BCUT2D eigenvalue weighted by molar-refractivity contribution is 6.15. The Morgan fingerprint density at radius 2 is 1.91 bits per heavy atom. The van der Waals surface area contributed by atoms with Crippen LogP contribution < -0.4 is 16.4 Å². The van der Waals surface area contributed by atoms with Crippen LogP contribution in [0.3, 0.4) is 0 Å². The van der Waals surface area contributed by atoms with Crippen molar-refractivity contribution in [3.8, 4) is 0 Å². The van der Waals surface area contributed by atoms with Gasteiger partial charge in [0.25, 0.3) is 5.91 Å². The fraction of sp³-hybridized carbons (Fsp3) is 0.348. The van der Waals surface area contributed by atoms with Gasteiger partial charge >= 0.3 is 0 Å². The molecule has 3 aromatic rings. The Balaban J connectivity index is 0.000000275. The number of imide groups is 1. The van der Waals surface area contributed by atoms with E-state index in [0.717, 1.165) is 5.69 Å². The maximum atomic E-state index is 11.7. The number of aromatic nitrogens is 4. The quantitative estimate of drug-likeness (QED) is 0.401. The van der Waals surface area contributed by atoms with Crippen LogP contribution in [-0.4, -0.2) is 55.9 Å². The van der Waals surface area contributed by atoms with Gasteiger partial charge in [0.15, 0.2) is 5.65 Å². The molecule has 172 valence electrons. The minimum atomic E-state index is -0.408. The molecule has 0 bridgehead atoms. The topological polar surface area (TPSA) is 131 Å². The molecule has 2 aliphatic rings. The summed E-state index contributed by atoms with van der Waals surface area (Å²) in [6.07, 6.45) is 7.34. The third-order valence-electron chi connectivity index (χ3n) is 5.41. The smallest absolute Gasteiger partial charge is 0.254 e. The Morgan fingerprint density at radius 1 is 1.15 bits per heavy atom. The minimum absolute atomic E-state index is 0.0336. The molecule has 2 aliphatic heterocycles. The van der Waals surface area contributed by atoms with Crippen molar-refractivity contribution in [1.82, 2.24) is 29.8 Å². The Kier molecular flexibility index (Phi) is 6.94. The summed E-state index contributed by atoms with van der Waals surface area (Å²) in [5, 5.41) is 9.62. The van der Waals surface area contributed by atoms with Gasteiger partial charge in [-0.25, -0.2) is 0 Å². The Bertz CT molecular complexity index is 1170. The molecular weight excluding hydrogens is 420 g/mol. The van der Waals surface area contributed by atoms with Crippen molar-refractivity contribution in [3.05, 3.63) is 47.7 Å². The molecule has 0 atom stereocenters. The summed E-state index contributed by atoms with van der Waals surface area (Å²) < 4.78 is 1.49. The van der Waals surface area contributed by atoms with E-state index in [0.29, 0.717) is 22.7 Å². The van der Waals surface area contributed by atoms with Gasteiger partial charge in [0.2, 0.25) is 17.8 Å². The molecule has 33 heavy (non-hydrogen) atoms. The number of carbonyl (C=O) groups is 2. The van der Waals surface area contributed by atoms with Crippen molar-refractivity contribution in [1.29, 1.82) is 0 Å². The molecule has 2 amide bonds. The number of nitrogens with one attached hydrogen (secondary N) is 2. The number of likely N-dealkylation sites (tertiary alicyclic amines) is 1. The molecule has 5 rings (SSSR count). The number of nitrogens with zero attached hydrogens (tertiary/aromatic N) is 5. The predicted octanol–water partition coefficient (Wildman–Crippen LogP) is 2.37. The molecule has 0 saturated carbocycles. The first-order valence-corrected chi connectivity index (χ1v) is 11.1. The Hall–Kier alpha value is -3.79. The van der Waals surface area contributed by atoms with Crippen LogP contribution in [0.4, 0.5) is 17.6 Å². The van der Waals surface area contributed by atoms with Crippen LogP contribution in [0.2, 0.25) is 0 Å². The summed E-state index contributed by atoms with van der Waals surface area (Å²) >= 11 is 0. The standard InChI is InChI=1S/C16H13N7O2.C7H15N/c17-15-21-13-10(6-9-7-12(24)20-14(9)25)8-18-23(13)16(22-15)19-11-4-2-1-3-5-11;1-2-5-8-6-3-4-7-8/h1-6,8H,7H2,(H,20,24,25)(H3,17,19,21,22);2-7H2,1H3/b9-6+;. The summed E-state index contributed by atoms with van der Waals surface area (Å²) in [4.78, 5) is 33.9. The molecular formula is C23H28N8O2. The first kappa shape index (κ1) is 22.4. The molecule has 1 aromatic carbocycles. The zero-order chi connectivity index (χ0) is 23.2. The van der Waals surface area contributed by atoms with Gasteiger partial charge in [0.05, 0.1) is 12.6 Å². The lowest BCUT2D eigenvalue weighted by molar-refractivity contribution is -0.124. The zero-order valence-electron chi connectivity index (χ0n) is 18.6. The number of hydrogen-bond acceptors (Lipinski definition) is 8. The highest BCUT2D eigenvalue weighted by Gasteiger charge is 2.24. The van der Waals surface area contributed by atoms with Crippen LogP contribution >= 0.6 is 0 Å². The number of fused-ring (bicyclic) bond motifs is 1. The number of carbonyl (C=O) groups excluding carboxylic acids is 2. The predicted molar refractivity (Wildman–Crippen MR) is 127 cm³/mol. The number of hydrogen-bond donors (Lipinski definition) is 3. The fourth-order valence-corrected chi connectivity index (χ4v) is 3.88. The maximum Gasteiger partial charge on any atom is 0.254 e. The summed E-state index contributed by atoms with van der Waals surface area (Å²) in [7, 11) is 0. The maximum absolute atomic E-state index is 11.7.